The summed E-state index contributed by atoms with van der Waals surface area (Å²) in [5, 5.41) is 0. The topological polar surface area (TPSA) is 67.2 Å². The fourth-order valence-electron chi connectivity index (χ4n) is 3.41. The maximum Gasteiger partial charge on any atom is 0.254 e. The maximum absolute atomic E-state index is 12.9. The van der Waals surface area contributed by atoms with Crippen LogP contribution in [-0.2, 0) is 0 Å². The van der Waals surface area contributed by atoms with E-state index in [2.05, 4.69) is 25.9 Å². The number of rotatable bonds is 3. The van der Waals surface area contributed by atoms with Gasteiger partial charge in [-0.15, -0.1) is 0 Å². The molecular formula is C20H22N6O. The van der Waals surface area contributed by atoms with Crippen LogP contribution in [-0.4, -0.2) is 56.5 Å². The van der Waals surface area contributed by atoms with Crippen molar-refractivity contribution in [2.75, 3.05) is 31.1 Å². The molecule has 1 saturated heterocycles. The summed E-state index contributed by atoms with van der Waals surface area (Å²) in [7, 11) is 0. The molecule has 0 spiro atoms. The van der Waals surface area contributed by atoms with E-state index >= 15 is 0 Å². The molecule has 2 aromatic heterocycles. The summed E-state index contributed by atoms with van der Waals surface area (Å²) in [4.78, 5) is 29.7. The van der Waals surface area contributed by atoms with Gasteiger partial charge in [0, 0.05) is 50.2 Å². The summed E-state index contributed by atoms with van der Waals surface area (Å²) in [5.74, 6) is 1.76. The summed E-state index contributed by atoms with van der Waals surface area (Å²) < 4.78 is 1.85. The van der Waals surface area contributed by atoms with Crippen molar-refractivity contribution in [1.82, 2.24) is 24.4 Å². The molecule has 0 atom stereocenters. The summed E-state index contributed by atoms with van der Waals surface area (Å²) in [6.45, 7) is 6.88. The van der Waals surface area contributed by atoms with Crippen molar-refractivity contribution in [2.45, 2.75) is 13.8 Å². The third kappa shape index (κ3) is 3.53. The van der Waals surface area contributed by atoms with Crippen molar-refractivity contribution in [3.63, 3.8) is 0 Å². The fraction of sp³-hybridized carbons (Fsp3) is 0.300. The summed E-state index contributed by atoms with van der Waals surface area (Å²) in [6.07, 6.45) is 6.86. The number of hydrogen-bond acceptors (Lipinski definition) is 5. The quantitative estimate of drug-likeness (QED) is 0.715. The van der Waals surface area contributed by atoms with E-state index in [0.29, 0.717) is 13.1 Å². The monoisotopic (exact) mass is 362 g/mol. The molecule has 7 nitrogen and oxygen atoms in total. The van der Waals surface area contributed by atoms with Gasteiger partial charge in [-0.25, -0.2) is 15.0 Å². The molecule has 7 heteroatoms. The van der Waals surface area contributed by atoms with Crippen molar-refractivity contribution in [1.29, 1.82) is 0 Å². The minimum Gasteiger partial charge on any atom is -0.353 e. The highest BCUT2D eigenvalue weighted by molar-refractivity contribution is 5.95. The van der Waals surface area contributed by atoms with Gasteiger partial charge in [-0.1, -0.05) is 17.7 Å². The number of nitrogens with zero attached hydrogens (tertiary/aromatic N) is 6. The molecule has 0 unspecified atom stereocenters. The van der Waals surface area contributed by atoms with Crippen LogP contribution < -0.4 is 4.90 Å². The van der Waals surface area contributed by atoms with Gasteiger partial charge in [0.15, 0.2) is 0 Å². The molecule has 0 aliphatic carbocycles. The van der Waals surface area contributed by atoms with E-state index in [1.54, 1.807) is 18.9 Å². The van der Waals surface area contributed by atoms with Crippen LogP contribution in [0.15, 0.2) is 49.3 Å². The molecule has 3 aromatic rings. The highest BCUT2D eigenvalue weighted by Crippen LogP contribution is 2.18. The van der Waals surface area contributed by atoms with Gasteiger partial charge < -0.3 is 9.80 Å². The molecule has 1 aliphatic heterocycles. The van der Waals surface area contributed by atoms with Gasteiger partial charge in [-0.3, -0.25) is 9.36 Å². The summed E-state index contributed by atoms with van der Waals surface area (Å²) >= 11 is 0. The predicted octanol–water partition coefficient (Wildman–Crippen LogP) is 2.24. The first-order chi connectivity index (χ1) is 13.1. The molecule has 0 N–H and O–H groups in total. The lowest BCUT2D eigenvalue weighted by Crippen LogP contribution is -2.49. The first kappa shape index (κ1) is 17.2. The molecule has 0 radical (unpaired) electrons. The van der Waals surface area contributed by atoms with Crippen LogP contribution in [0.1, 0.15) is 21.5 Å². The molecule has 0 bridgehead atoms. The molecular weight excluding hydrogens is 340 g/mol. The second kappa shape index (κ2) is 7.19. The van der Waals surface area contributed by atoms with Crippen LogP contribution in [0.3, 0.4) is 0 Å². The highest BCUT2D eigenvalue weighted by atomic mass is 16.2. The molecule has 1 fully saturated rings. The number of amides is 1. The Kier molecular flexibility index (Phi) is 4.58. The molecule has 1 amide bonds. The average Bonchev–Trinajstić information content (AvgIpc) is 3.23. The van der Waals surface area contributed by atoms with E-state index < -0.39 is 0 Å². The van der Waals surface area contributed by atoms with Gasteiger partial charge in [0.1, 0.15) is 24.3 Å². The third-order valence-electron chi connectivity index (χ3n) is 4.91. The Balaban J connectivity index is 1.45. The minimum atomic E-state index is 0.106. The van der Waals surface area contributed by atoms with Crippen LogP contribution >= 0.6 is 0 Å². The second-order valence-electron chi connectivity index (χ2n) is 6.80. The van der Waals surface area contributed by atoms with Gasteiger partial charge >= 0.3 is 0 Å². The van der Waals surface area contributed by atoms with Crippen molar-refractivity contribution in [3.8, 4) is 5.82 Å². The van der Waals surface area contributed by atoms with Gasteiger partial charge in [0.2, 0.25) is 0 Å². The number of aryl methyl sites for hydroxylation is 2. The molecule has 1 aliphatic rings. The number of piperazine rings is 1. The molecule has 4 rings (SSSR count). The number of aromatic nitrogens is 4. The van der Waals surface area contributed by atoms with Crippen LogP contribution in [0.4, 0.5) is 5.82 Å². The number of hydrogen-bond donors (Lipinski definition) is 0. The lowest BCUT2D eigenvalue weighted by Gasteiger charge is -2.35. The van der Waals surface area contributed by atoms with Crippen LogP contribution in [0.2, 0.25) is 0 Å². The fourth-order valence-corrected chi connectivity index (χ4v) is 3.41. The van der Waals surface area contributed by atoms with E-state index in [4.69, 9.17) is 0 Å². The Hall–Kier alpha value is -3.22. The summed E-state index contributed by atoms with van der Waals surface area (Å²) in [5.41, 5.74) is 2.99. The lowest BCUT2D eigenvalue weighted by atomic mass is 10.0. The SMILES string of the molecule is Cc1ccc(C(=O)N2CCN(c3cc(-n4ccnc4)ncn3)CC2)c(C)c1. The number of carbonyl (C=O) groups excluding carboxylic acids is 1. The number of anilines is 1. The first-order valence-electron chi connectivity index (χ1n) is 9.03. The van der Waals surface area contributed by atoms with E-state index in [1.165, 1.54) is 5.56 Å². The molecule has 0 saturated carbocycles. The zero-order valence-corrected chi connectivity index (χ0v) is 15.5. The van der Waals surface area contributed by atoms with Crippen molar-refractivity contribution in [2.24, 2.45) is 0 Å². The molecule has 3 heterocycles. The van der Waals surface area contributed by atoms with Crippen LogP contribution in [0, 0.1) is 13.8 Å². The third-order valence-corrected chi connectivity index (χ3v) is 4.91. The molecule has 1 aromatic carbocycles. The number of carbonyl (C=O) groups is 1. The predicted molar refractivity (Wildman–Crippen MR) is 103 cm³/mol. The van der Waals surface area contributed by atoms with Gasteiger partial charge in [-0.2, -0.15) is 0 Å². The van der Waals surface area contributed by atoms with Crippen LogP contribution in [0.25, 0.3) is 5.82 Å². The first-order valence-corrected chi connectivity index (χ1v) is 9.03. The maximum atomic E-state index is 12.9. The van der Waals surface area contributed by atoms with E-state index in [1.807, 2.05) is 47.7 Å². The van der Waals surface area contributed by atoms with E-state index in [0.717, 1.165) is 35.9 Å². The highest BCUT2D eigenvalue weighted by Gasteiger charge is 2.24. The zero-order valence-electron chi connectivity index (χ0n) is 15.5. The molecule has 138 valence electrons. The van der Waals surface area contributed by atoms with Crippen LogP contribution in [0.5, 0.6) is 0 Å². The van der Waals surface area contributed by atoms with Gasteiger partial charge in [-0.05, 0) is 25.5 Å². The average molecular weight is 362 g/mol. The Bertz CT molecular complexity index is 945. The Morgan fingerprint density at radius 2 is 1.78 bits per heavy atom. The normalized spacial score (nSPS) is 14.4. The smallest absolute Gasteiger partial charge is 0.254 e. The van der Waals surface area contributed by atoms with Gasteiger partial charge in [0.05, 0.1) is 0 Å². The Labute approximate surface area is 158 Å². The number of imidazole rings is 1. The van der Waals surface area contributed by atoms with Gasteiger partial charge in [0.25, 0.3) is 5.91 Å². The second-order valence-corrected chi connectivity index (χ2v) is 6.80. The standard InChI is InChI=1S/C20H22N6O/c1-15-3-4-17(16(2)11-15)20(27)25-9-7-24(8-10-25)18-12-19(23-13-22-18)26-6-5-21-14-26/h3-6,11-14H,7-10H2,1-2H3. The van der Waals surface area contributed by atoms with E-state index in [9.17, 15) is 4.79 Å². The zero-order chi connectivity index (χ0) is 18.8. The minimum absolute atomic E-state index is 0.106. The Morgan fingerprint density at radius 1 is 1.00 bits per heavy atom. The summed E-state index contributed by atoms with van der Waals surface area (Å²) in [6, 6.07) is 7.93. The van der Waals surface area contributed by atoms with Crippen molar-refractivity contribution in [3.05, 3.63) is 66.0 Å². The van der Waals surface area contributed by atoms with Crippen molar-refractivity contribution < 1.29 is 4.79 Å². The van der Waals surface area contributed by atoms with Crippen molar-refractivity contribution >= 4 is 11.7 Å². The van der Waals surface area contributed by atoms with E-state index in [-0.39, 0.29) is 5.91 Å². The lowest BCUT2D eigenvalue weighted by molar-refractivity contribution is 0.0746. The Morgan fingerprint density at radius 3 is 2.48 bits per heavy atom. The largest absolute Gasteiger partial charge is 0.353 e. The molecule has 27 heavy (non-hydrogen) atoms. The number of benzene rings is 1.